The molecule has 1 amide bonds. The van der Waals surface area contributed by atoms with Gasteiger partial charge in [-0.15, -0.1) is 0 Å². The smallest absolute Gasteiger partial charge is 0.252 e. The van der Waals surface area contributed by atoms with Crippen molar-refractivity contribution >= 4 is 5.91 Å². The fraction of sp³-hybridized carbons (Fsp3) is 0.143. The van der Waals surface area contributed by atoms with E-state index in [1.165, 1.54) is 0 Å². The maximum atomic E-state index is 12.7. The highest BCUT2D eigenvalue weighted by Crippen LogP contribution is 2.22. The van der Waals surface area contributed by atoms with Gasteiger partial charge in [0.1, 0.15) is 5.75 Å². The van der Waals surface area contributed by atoms with Crippen LogP contribution >= 0.6 is 0 Å². The van der Waals surface area contributed by atoms with Gasteiger partial charge in [0.15, 0.2) is 0 Å². The van der Waals surface area contributed by atoms with Crippen molar-refractivity contribution in [1.82, 2.24) is 10.3 Å². The zero-order valence-corrected chi connectivity index (χ0v) is 14.1. The lowest BCUT2D eigenvalue weighted by atomic mass is 9.99. The summed E-state index contributed by atoms with van der Waals surface area (Å²) in [6, 6.07) is 20.6. The first-order chi connectivity index (χ1) is 12.3. The number of pyridine rings is 1. The summed E-state index contributed by atoms with van der Waals surface area (Å²) in [5.41, 5.74) is 2.54. The van der Waals surface area contributed by atoms with Gasteiger partial charge in [-0.3, -0.25) is 9.78 Å². The number of hydrogen-bond acceptors (Lipinski definition) is 3. The lowest BCUT2D eigenvalue weighted by Gasteiger charge is -2.19. The van der Waals surface area contributed by atoms with Gasteiger partial charge in [-0.25, -0.2) is 0 Å². The molecule has 1 N–H and O–H groups in total. The van der Waals surface area contributed by atoms with E-state index in [1.807, 2.05) is 49.4 Å². The summed E-state index contributed by atoms with van der Waals surface area (Å²) in [6.07, 6.45) is 3.50. The van der Waals surface area contributed by atoms with Gasteiger partial charge in [0.2, 0.25) is 0 Å². The first-order valence-electron chi connectivity index (χ1n) is 8.26. The third-order valence-electron chi connectivity index (χ3n) is 3.85. The maximum Gasteiger partial charge on any atom is 0.252 e. The van der Waals surface area contributed by atoms with Crippen molar-refractivity contribution in [3.63, 3.8) is 0 Å². The Balaban J connectivity index is 1.84. The van der Waals surface area contributed by atoms with Crippen molar-refractivity contribution in [3.8, 4) is 5.75 Å². The Kier molecular flexibility index (Phi) is 5.42. The highest BCUT2D eigenvalue weighted by molar-refractivity contribution is 5.94. The van der Waals surface area contributed by atoms with Crippen molar-refractivity contribution in [1.29, 1.82) is 0 Å². The average molecular weight is 332 g/mol. The largest absolute Gasteiger partial charge is 0.494 e. The molecular weight excluding hydrogens is 312 g/mol. The van der Waals surface area contributed by atoms with Gasteiger partial charge >= 0.3 is 0 Å². The summed E-state index contributed by atoms with van der Waals surface area (Å²) in [5.74, 6) is 0.617. The summed E-state index contributed by atoms with van der Waals surface area (Å²) >= 11 is 0. The van der Waals surface area contributed by atoms with Crippen molar-refractivity contribution < 1.29 is 9.53 Å². The van der Waals surface area contributed by atoms with Crippen LogP contribution < -0.4 is 10.1 Å². The van der Waals surface area contributed by atoms with Crippen LogP contribution in [0.2, 0.25) is 0 Å². The minimum Gasteiger partial charge on any atom is -0.494 e. The molecule has 1 atom stereocenters. The number of nitrogens with one attached hydrogen (secondary N) is 1. The Morgan fingerprint density at radius 3 is 2.36 bits per heavy atom. The van der Waals surface area contributed by atoms with E-state index < -0.39 is 0 Å². The molecule has 0 saturated carbocycles. The highest BCUT2D eigenvalue weighted by Gasteiger charge is 2.17. The summed E-state index contributed by atoms with van der Waals surface area (Å²) in [4.78, 5) is 16.9. The van der Waals surface area contributed by atoms with Crippen LogP contribution in [0, 0.1) is 0 Å². The Labute approximate surface area is 147 Å². The van der Waals surface area contributed by atoms with Crippen molar-refractivity contribution in [2.24, 2.45) is 0 Å². The zero-order valence-electron chi connectivity index (χ0n) is 14.1. The molecule has 3 rings (SSSR count). The van der Waals surface area contributed by atoms with E-state index in [0.717, 1.165) is 16.9 Å². The number of hydrogen-bond donors (Lipinski definition) is 1. The summed E-state index contributed by atoms with van der Waals surface area (Å²) in [7, 11) is 0. The summed E-state index contributed by atoms with van der Waals surface area (Å²) in [6.45, 7) is 2.53. The van der Waals surface area contributed by atoms with Crippen molar-refractivity contribution in [2.75, 3.05) is 6.61 Å². The van der Waals surface area contributed by atoms with E-state index in [2.05, 4.69) is 10.3 Å². The van der Waals surface area contributed by atoms with E-state index in [-0.39, 0.29) is 11.9 Å². The molecule has 0 bridgehead atoms. The quantitative estimate of drug-likeness (QED) is 0.742. The third kappa shape index (κ3) is 4.23. The minimum absolute atomic E-state index is 0.138. The van der Waals surface area contributed by atoms with Crippen molar-refractivity contribution in [3.05, 3.63) is 95.8 Å². The van der Waals surface area contributed by atoms with Gasteiger partial charge in [-0.1, -0.05) is 36.4 Å². The van der Waals surface area contributed by atoms with Crippen LogP contribution in [0.25, 0.3) is 0 Å². The number of nitrogens with zero attached hydrogens (tertiary/aromatic N) is 1. The standard InChI is InChI=1S/C21H20N2O2/c1-2-25-19-12-10-17(11-13-19)21(24)23-20(16-7-4-3-5-8-16)18-9-6-14-22-15-18/h3-15,20H,2H2,1H3,(H,23,24)/t20-/m0/s1. The average Bonchev–Trinajstić information content (AvgIpc) is 2.68. The number of amides is 1. The van der Waals surface area contributed by atoms with E-state index >= 15 is 0 Å². The molecule has 1 heterocycles. The molecule has 0 radical (unpaired) electrons. The van der Waals surface area contributed by atoms with Gasteiger partial charge < -0.3 is 10.1 Å². The van der Waals surface area contributed by atoms with Crippen LogP contribution in [0.1, 0.15) is 34.5 Å². The monoisotopic (exact) mass is 332 g/mol. The summed E-state index contributed by atoms with van der Waals surface area (Å²) < 4.78 is 5.42. The molecule has 0 saturated heterocycles. The van der Waals surface area contributed by atoms with E-state index in [4.69, 9.17) is 4.74 Å². The molecular formula is C21H20N2O2. The van der Waals surface area contributed by atoms with Crippen LogP contribution in [-0.4, -0.2) is 17.5 Å². The first kappa shape index (κ1) is 16.7. The first-order valence-corrected chi connectivity index (χ1v) is 8.26. The molecule has 25 heavy (non-hydrogen) atoms. The molecule has 4 heteroatoms. The second-order valence-corrected chi connectivity index (χ2v) is 5.56. The molecule has 0 aliphatic heterocycles. The Hall–Kier alpha value is -3.14. The Morgan fingerprint density at radius 1 is 1.00 bits per heavy atom. The third-order valence-corrected chi connectivity index (χ3v) is 3.85. The lowest BCUT2D eigenvalue weighted by molar-refractivity contribution is 0.0943. The van der Waals surface area contributed by atoms with Gasteiger partial charge in [-0.2, -0.15) is 0 Å². The molecule has 4 nitrogen and oxygen atoms in total. The van der Waals surface area contributed by atoms with Gasteiger partial charge in [0, 0.05) is 18.0 Å². The molecule has 2 aromatic carbocycles. The van der Waals surface area contributed by atoms with E-state index in [1.54, 1.807) is 36.7 Å². The number of aromatic nitrogens is 1. The minimum atomic E-state index is -0.256. The normalized spacial score (nSPS) is 11.6. The number of ether oxygens (including phenoxy) is 1. The van der Waals surface area contributed by atoms with Crippen LogP contribution in [0.3, 0.4) is 0 Å². The van der Waals surface area contributed by atoms with Crippen LogP contribution in [-0.2, 0) is 0 Å². The maximum absolute atomic E-state index is 12.7. The molecule has 126 valence electrons. The lowest BCUT2D eigenvalue weighted by Crippen LogP contribution is -2.29. The molecule has 0 aliphatic rings. The molecule has 0 aliphatic carbocycles. The highest BCUT2D eigenvalue weighted by atomic mass is 16.5. The molecule has 0 spiro atoms. The van der Waals surface area contributed by atoms with E-state index in [9.17, 15) is 4.79 Å². The Bertz CT molecular complexity index is 763. The predicted molar refractivity (Wildman–Crippen MR) is 97.6 cm³/mol. The number of rotatable bonds is 6. The number of benzene rings is 2. The van der Waals surface area contributed by atoms with Crippen LogP contribution in [0.5, 0.6) is 5.75 Å². The van der Waals surface area contributed by atoms with Crippen LogP contribution in [0.4, 0.5) is 0 Å². The van der Waals surface area contributed by atoms with Crippen LogP contribution in [0.15, 0.2) is 79.1 Å². The molecule has 3 aromatic rings. The molecule has 0 fully saturated rings. The van der Waals surface area contributed by atoms with Gasteiger partial charge in [-0.05, 0) is 48.4 Å². The second kappa shape index (κ2) is 8.11. The number of carbonyl (C=O) groups is 1. The molecule has 1 aromatic heterocycles. The fourth-order valence-electron chi connectivity index (χ4n) is 2.63. The number of carbonyl (C=O) groups excluding carboxylic acids is 1. The zero-order chi connectivity index (χ0) is 17.5. The predicted octanol–water partition coefficient (Wildman–Crippen LogP) is 4.00. The summed E-state index contributed by atoms with van der Waals surface area (Å²) in [5, 5.41) is 3.10. The topological polar surface area (TPSA) is 51.2 Å². The fourth-order valence-corrected chi connectivity index (χ4v) is 2.63. The van der Waals surface area contributed by atoms with Crippen molar-refractivity contribution in [2.45, 2.75) is 13.0 Å². The SMILES string of the molecule is CCOc1ccc(C(=O)N[C@@H](c2ccccc2)c2cccnc2)cc1. The van der Waals surface area contributed by atoms with Gasteiger partial charge in [0.05, 0.1) is 12.6 Å². The Morgan fingerprint density at radius 2 is 1.72 bits per heavy atom. The van der Waals surface area contributed by atoms with Gasteiger partial charge in [0.25, 0.3) is 5.91 Å². The van der Waals surface area contributed by atoms with E-state index in [0.29, 0.717) is 12.2 Å². The second-order valence-electron chi connectivity index (χ2n) is 5.56. The molecule has 0 unspecified atom stereocenters.